The molecule has 0 radical (unpaired) electrons. The summed E-state index contributed by atoms with van der Waals surface area (Å²) in [6.45, 7) is 0. The summed E-state index contributed by atoms with van der Waals surface area (Å²) in [4.78, 5) is 12.1. The SMILES string of the molecule is CNC1CCC(NC(=O)c2ccccc2Br)CC1. The van der Waals surface area contributed by atoms with Crippen LogP contribution < -0.4 is 10.6 Å². The Labute approximate surface area is 116 Å². The van der Waals surface area contributed by atoms with Gasteiger partial charge in [-0.3, -0.25) is 4.79 Å². The van der Waals surface area contributed by atoms with Crippen molar-refractivity contribution in [3.63, 3.8) is 0 Å². The summed E-state index contributed by atoms with van der Waals surface area (Å²) in [6, 6.07) is 8.47. The molecule has 1 aliphatic rings. The Morgan fingerprint density at radius 2 is 1.78 bits per heavy atom. The lowest BCUT2D eigenvalue weighted by Crippen LogP contribution is -2.41. The van der Waals surface area contributed by atoms with Gasteiger partial charge in [0.05, 0.1) is 5.56 Å². The van der Waals surface area contributed by atoms with Crippen LogP contribution >= 0.6 is 15.9 Å². The second-order valence-electron chi connectivity index (χ2n) is 4.79. The molecule has 1 amide bonds. The first kappa shape index (κ1) is 13.6. The maximum absolute atomic E-state index is 12.1. The molecule has 0 spiro atoms. The molecule has 0 heterocycles. The minimum absolute atomic E-state index is 0.0235. The van der Waals surface area contributed by atoms with E-state index < -0.39 is 0 Å². The van der Waals surface area contributed by atoms with Crippen LogP contribution in [0.15, 0.2) is 28.7 Å². The fourth-order valence-electron chi connectivity index (χ4n) is 2.43. The van der Waals surface area contributed by atoms with Crippen molar-refractivity contribution in [1.82, 2.24) is 10.6 Å². The highest BCUT2D eigenvalue weighted by molar-refractivity contribution is 9.10. The van der Waals surface area contributed by atoms with Crippen molar-refractivity contribution in [2.45, 2.75) is 37.8 Å². The summed E-state index contributed by atoms with van der Waals surface area (Å²) in [5, 5.41) is 6.42. The lowest BCUT2D eigenvalue weighted by molar-refractivity contribution is 0.0924. The van der Waals surface area contributed by atoms with Crippen LogP contribution in [-0.4, -0.2) is 25.0 Å². The third-order valence-corrected chi connectivity index (χ3v) is 4.28. The zero-order chi connectivity index (χ0) is 13.0. The summed E-state index contributed by atoms with van der Waals surface area (Å²) in [7, 11) is 2.00. The monoisotopic (exact) mass is 310 g/mol. The van der Waals surface area contributed by atoms with Gasteiger partial charge in [-0.05, 0) is 60.8 Å². The van der Waals surface area contributed by atoms with Crippen molar-refractivity contribution >= 4 is 21.8 Å². The Balaban J connectivity index is 1.91. The van der Waals surface area contributed by atoms with E-state index in [1.165, 1.54) is 0 Å². The van der Waals surface area contributed by atoms with Gasteiger partial charge in [-0.1, -0.05) is 12.1 Å². The molecule has 2 rings (SSSR count). The van der Waals surface area contributed by atoms with Crippen LogP contribution in [0.2, 0.25) is 0 Å². The molecule has 0 aliphatic heterocycles. The number of nitrogens with one attached hydrogen (secondary N) is 2. The molecule has 98 valence electrons. The molecule has 3 nitrogen and oxygen atoms in total. The van der Waals surface area contributed by atoms with E-state index in [-0.39, 0.29) is 5.91 Å². The smallest absolute Gasteiger partial charge is 0.252 e. The van der Waals surface area contributed by atoms with Crippen LogP contribution in [-0.2, 0) is 0 Å². The number of amides is 1. The van der Waals surface area contributed by atoms with Gasteiger partial charge < -0.3 is 10.6 Å². The van der Waals surface area contributed by atoms with E-state index in [2.05, 4.69) is 26.6 Å². The molecule has 18 heavy (non-hydrogen) atoms. The van der Waals surface area contributed by atoms with E-state index in [0.29, 0.717) is 17.6 Å². The third-order valence-electron chi connectivity index (χ3n) is 3.59. The van der Waals surface area contributed by atoms with Crippen molar-refractivity contribution in [3.05, 3.63) is 34.3 Å². The maximum atomic E-state index is 12.1. The Kier molecular flexibility index (Phi) is 4.78. The predicted molar refractivity (Wildman–Crippen MR) is 76.7 cm³/mol. The van der Waals surface area contributed by atoms with Gasteiger partial charge >= 0.3 is 0 Å². The molecule has 0 saturated heterocycles. The molecule has 1 aromatic carbocycles. The van der Waals surface area contributed by atoms with Crippen LogP contribution in [0.3, 0.4) is 0 Å². The molecule has 1 aromatic rings. The molecule has 1 aliphatic carbocycles. The first-order chi connectivity index (χ1) is 8.70. The number of halogens is 1. The van der Waals surface area contributed by atoms with E-state index in [4.69, 9.17) is 0 Å². The Morgan fingerprint density at radius 1 is 1.17 bits per heavy atom. The fraction of sp³-hybridized carbons (Fsp3) is 0.500. The summed E-state index contributed by atoms with van der Waals surface area (Å²) >= 11 is 3.41. The highest BCUT2D eigenvalue weighted by atomic mass is 79.9. The number of benzene rings is 1. The van der Waals surface area contributed by atoms with Gasteiger partial charge in [0, 0.05) is 16.6 Å². The third kappa shape index (κ3) is 3.33. The number of carbonyl (C=O) groups is 1. The minimum Gasteiger partial charge on any atom is -0.349 e. The van der Waals surface area contributed by atoms with Gasteiger partial charge in [-0.2, -0.15) is 0 Å². The molecular weight excluding hydrogens is 292 g/mol. The molecule has 0 bridgehead atoms. The van der Waals surface area contributed by atoms with Crippen molar-refractivity contribution < 1.29 is 4.79 Å². The predicted octanol–water partition coefficient (Wildman–Crippen LogP) is 2.71. The standard InChI is InChI=1S/C14H19BrN2O/c1-16-10-6-8-11(9-7-10)17-14(18)12-4-2-3-5-13(12)15/h2-5,10-11,16H,6-9H2,1H3,(H,17,18). The second kappa shape index (κ2) is 6.34. The van der Waals surface area contributed by atoms with Crippen molar-refractivity contribution in [1.29, 1.82) is 0 Å². The number of hydrogen-bond donors (Lipinski definition) is 2. The van der Waals surface area contributed by atoms with Gasteiger partial charge in [0.1, 0.15) is 0 Å². The first-order valence-corrected chi connectivity index (χ1v) is 7.22. The van der Waals surface area contributed by atoms with Crippen LogP contribution in [0.1, 0.15) is 36.0 Å². The second-order valence-corrected chi connectivity index (χ2v) is 5.64. The highest BCUT2D eigenvalue weighted by Crippen LogP contribution is 2.20. The van der Waals surface area contributed by atoms with E-state index in [0.717, 1.165) is 30.2 Å². The first-order valence-electron chi connectivity index (χ1n) is 6.43. The normalized spacial score (nSPS) is 23.7. The number of rotatable bonds is 3. The quantitative estimate of drug-likeness (QED) is 0.901. The summed E-state index contributed by atoms with van der Waals surface area (Å²) in [5.41, 5.74) is 0.716. The van der Waals surface area contributed by atoms with Crippen LogP contribution in [0.25, 0.3) is 0 Å². The number of hydrogen-bond acceptors (Lipinski definition) is 2. The van der Waals surface area contributed by atoms with Gasteiger partial charge in [-0.25, -0.2) is 0 Å². The van der Waals surface area contributed by atoms with E-state index >= 15 is 0 Å². The van der Waals surface area contributed by atoms with Gasteiger partial charge in [0.2, 0.25) is 0 Å². The Hall–Kier alpha value is -0.870. The zero-order valence-corrected chi connectivity index (χ0v) is 12.2. The van der Waals surface area contributed by atoms with E-state index in [9.17, 15) is 4.79 Å². The maximum Gasteiger partial charge on any atom is 0.252 e. The lowest BCUT2D eigenvalue weighted by Gasteiger charge is -2.28. The summed E-state index contributed by atoms with van der Waals surface area (Å²) in [6.07, 6.45) is 4.39. The van der Waals surface area contributed by atoms with Gasteiger partial charge in [0.25, 0.3) is 5.91 Å². The van der Waals surface area contributed by atoms with E-state index in [1.807, 2.05) is 31.3 Å². The highest BCUT2D eigenvalue weighted by Gasteiger charge is 2.22. The molecule has 2 N–H and O–H groups in total. The molecule has 0 atom stereocenters. The lowest BCUT2D eigenvalue weighted by atomic mass is 9.91. The van der Waals surface area contributed by atoms with Crippen LogP contribution in [0.5, 0.6) is 0 Å². The topological polar surface area (TPSA) is 41.1 Å². The average molecular weight is 311 g/mol. The van der Waals surface area contributed by atoms with Crippen LogP contribution in [0.4, 0.5) is 0 Å². The Bertz CT molecular complexity index is 414. The van der Waals surface area contributed by atoms with Crippen LogP contribution in [0, 0.1) is 0 Å². The molecule has 4 heteroatoms. The minimum atomic E-state index is 0.0235. The van der Waals surface area contributed by atoms with Gasteiger partial charge in [-0.15, -0.1) is 0 Å². The van der Waals surface area contributed by atoms with Crippen molar-refractivity contribution in [2.75, 3.05) is 7.05 Å². The molecule has 1 saturated carbocycles. The fourth-order valence-corrected chi connectivity index (χ4v) is 2.90. The summed E-state index contributed by atoms with van der Waals surface area (Å²) in [5.74, 6) is 0.0235. The molecule has 0 aromatic heterocycles. The van der Waals surface area contributed by atoms with E-state index in [1.54, 1.807) is 0 Å². The average Bonchev–Trinajstić information content (AvgIpc) is 2.40. The Morgan fingerprint density at radius 3 is 2.39 bits per heavy atom. The molecular formula is C14H19BrN2O. The van der Waals surface area contributed by atoms with Gasteiger partial charge in [0.15, 0.2) is 0 Å². The molecule has 0 unspecified atom stereocenters. The van der Waals surface area contributed by atoms with Crippen molar-refractivity contribution in [2.24, 2.45) is 0 Å². The van der Waals surface area contributed by atoms with Crippen molar-refractivity contribution in [3.8, 4) is 0 Å². The number of carbonyl (C=O) groups excluding carboxylic acids is 1. The zero-order valence-electron chi connectivity index (χ0n) is 10.6. The molecule has 1 fully saturated rings. The summed E-state index contributed by atoms with van der Waals surface area (Å²) < 4.78 is 0.853. The largest absolute Gasteiger partial charge is 0.349 e.